The SMILES string of the molecule is CCNC(=NCc1nnc2n1CCCC2)NCCc1cccc(C(=O)N(C)C)c1.I. The first-order valence-corrected chi connectivity index (χ1v) is 10.3. The Hall–Kier alpha value is -2.17. The summed E-state index contributed by atoms with van der Waals surface area (Å²) in [6.45, 7) is 5.06. The molecule has 0 saturated carbocycles. The Morgan fingerprint density at radius 3 is 2.83 bits per heavy atom. The number of fused-ring (bicyclic) bond motifs is 1. The van der Waals surface area contributed by atoms with Crippen LogP contribution in [-0.2, 0) is 25.9 Å². The molecule has 0 saturated heterocycles. The summed E-state index contributed by atoms with van der Waals surface area (Å²) in [6.07, 6.45) is 4.17. The van der Waals surface area contributed by atoms with Crippen LogP contribution in [0.4, 0.5) is 0 Å². The van der Waals surface area contributed by atoms with Crippen LogP contribution in [0.1, 0.15) is 47.3 Å². The summed E-state index contributed by atoms with van der Waals surface area (Å²) >= 11 is 0. The second-order valence-corrected chi connectivity index (χ2v) is 7.41. The molecule has 2 aromatic rings. The lowest BCUT2D eigenvalue weighted by atomic mass is 10.1. The predicted octanol–water partition coefficient (Wildman–Crippen LogP) is 2.23. The largest absolute Gasteiger partial charge is 0.357 e. The smallest absolute Gasteiger partial charge is 0.253 e. The molecule has 1 amide bonds. The monoisotopic (exact) mass is 525 g/mol. The van der Waals surface area contributed by atoms with Gasteiger partial charge in [0, 0.05) is 45.7 Å². The van der Waals surface area contributed by atoms with Crippen LogP contribution in [0.3, 0.4) is 0 Å². The van der Waals surface area contributed by atoms with Gasteiger partial charge in [0.1, 0.15) is 12.4 Å². The van der Waals surface area contributed by atoms with E-state index >= 15 is 0 Å². The number of guanidine groups is 1. The first-order valence-electron chi connectivity index (χ1n) is 10.3. The van der Waals surface area contributed by atoms with Crippen LogP contribution < -0.4 is 10.6 Å². The summed E-state index contributed by atoms with van der Waals surface area (Å²) in [5.41, 5.74) is 1.83. The molecule has 2 heterocycles. The highest BCUT2D eigenvalue weighted by molar-refractivity contribution is 14.0. The van der Waals surface area contributed by atoms with Gasteiger partial charge >= 0.3 is 0 Å². The number of aliphatic imine (C=N–C) groups is 1. The lowest BCUT2D eigenvalue weighted by molar-refractivity contribution is 0.0827. The molecule has 0 bridgehead atoms. The van der Waals surface area contributed by atoms with Gasteiger partial charge in [0.05, 0.1) is 0 Å². The molecule has 1 aromatic carbocycles. The number of nitrogens with zero attached hydrogens (tertiary/aromatic N) is 5. The molecule has 0 spiro atoms. The number of hydrogen-bond acceptors (Lipinski definition) is 4. The Kier molecular flexibility index (Phi) is 9.54. The van der Waals surface area contributed by atoms with E-state index in [1.807, 2.05) is 31.2 Å². The van der Waals surface area contributed by atoms with Gasteiger partial charge in [0.25, 0.3) is 5.91 Å². The van der Waals surface area contributed by atoms with Crippen molar-refractivity contribution in [3.63, 3.8) is 0 Å². The second-order valence-electron chi connectivity index (χ2n) is 7.41. The molecule has 0 radical (unpaired) electrons. The predicted molar refractivity (Wildman–Crippen MR) is 129 cm³/mol. The van der Waals surface area contributed by atoms with E-state index < -0.39 is 0 Å². The molecule has 0 unspecified atom stereocenters. The fourth-order valence-corrected chi connectivity index (χ4v) is 3.42. The zero-order chi connectivity index (χ0) is 20.6. The molecule has 30 heavy (non-hydrogen) atoms. The van der Waals surface area contributed by atoms with E-state index in [0.717, 1.165) is 55.6 Å². The highest BCUT2D eigenvalue weighted by atomic mass is 127. The maximum atomic E-state index is 12.1. The summed E-state index contributed by atoms with van der Waals surface area (Å²) < 4.78 is 2.20. The zero-order valence-corrected chi connectivity index (χ0v) is 20.3. The molecule has 0 atom stereocenters. The number of amides is 1. The summed E-state index contributed by atoms with van der Waals surface area (Å²) in [6, 6.07) is 7.78. The molecule has 0 fully saturated rings. The van der Waals surface area contributed by atoms with Gasteiger partial charge in [-0.25, -0.2) is 4.99 Å². The molecular formula is C21H32IN7O. The number of aryl methyl sites for hydroxylation is 1. The molecule has 164 valence electrons. The van der Waals surface area contributed by atoms with E-state index in [1.54, 1.807) is 19.0 Å². The number of halogens is 1. The first-order chi connectivity index (χ1) is 14.1. The number of rotatable bonds is 7. The van der Waals surface area contributed by atoms with E-state index in [0.29, 0.717) is 12.1 Å². The van der Waals surface area contributed by atoms with E-state index in [4.69, 9.17) is 0 Å². The van der Waals surface area contributed by atoms with Crippen LogP contribution in [0.15, 0.2) is 29.3 Å². The van der Waals surface area contributed by atoms with Crippen LogP contribution in [-0.4, -0.2) is 58.7 Å². The van der Waals surface area contributed by atoms with Gasteiger partial charge in [-0.2, -0.15) is 0 Å². The maximum Gasteiger partial charge on any atom is 0.253 e. The minimum absolute atomic E-state index is 0. The van der Waals surface area contributed by atoms with Crippen LogP contribution in [0.2, 0.25) is 0 Å². The van der Waals surface area contributed by atoms with Crippen molar-refractivity contribution >= 4 is 35.8 Å². The quantitative estimate of drug-likeness (QED) is 0.329. The van der Waals surface area contributed by atoms with Crippen molar-refractivity contribution in [2.75, 3.05) is 27.2 Å². The number of carbonyl (C=O) groups excluding carboxylic acids is 1. The Balaban J connectivity index is 0.00000320. The third-order valence-electron chi connectivity index (χ3n) is 4.95. The lowest BCUT2D eigenvalue weighted by Gasteiger charge is -2.15. The fraction of sp³-hybridized carbons (Fsp3) is 0.524. The fourth-order valence-electron chi connectivity index (χ4n) is 3.42. The molecule has 2 N–H and O–H groups in total. The molecule has 1 aliphatic rings. The Bertz CT molecular complexity index is 863. The number of nitrogens with one attached hydrogen (secondary N) is 2. The minimum atomic E-state index is 0. The van der Waals surface area contributed by atoms with Crippen molar-refractivity contribution in [2.45, 2.75) is 45.7 Å². The van der Waals surface area contributed by atoms with Gasteiger partial charge in [-0.3, -0.25) is 4.79 Å². The standard InChI is InChI=1S/C21H31N7O.HI/c1-4-22-21(24-15-19-26-25-18-10-5-6-13-28(18)19)23-12-11-16-8-7-9-17(14-16)20(29)27(2)3;/h7-9,14H,4-6,10-13,15H2,1-3H3,(H2,22,23,24);1H. The number of carbonyl (C=O) groups is 1. The molecule has 0 aliphatic carbocycles. The molecule has 1 aliphatic heterocycles. The normalized spacial score (nSPS) is 13.2. The molecule has 3 rings (SSSR count). The van der Waals surface area contributed by atoms with Gasteiger partial charge < -0.3 is 20.1 Å². The minimum Gasteiger partial charge on any atom is -0.357 e. The van der Waals surface area contributed by atoms with E-state index in [2.05, 4.69) is 30.4 Å². The average Bonchev–Trinajstić information content (AvgIpc) is 3.15. The highest BCUT2D eigenvalue weighted by Gasteiger charge is 2.15. The lowest BCUT2D eigenvalue weighted by Crippen LogP contribution is -2.38. The number of benzene rings is 1. The zero-order valence-electron chi connectivity index (χ0n) is 18.0. The Morgan fingerprint density at radius 2 is 2.07 bits per heavy atom. The van der Waals surface area contributed by atoms with Crippen LogP contribution in [0, 0.1) is 0 Å². The van der Waals surface area contributed by atoms with Gasteiger partial charge in [-0.05, 0) is 43.9 Å². The average molecular weight is 525 g/mol. The first kappa shape index (κ1) is 24.1. The van der Waals surface area contributed by atoms with Crippen molar-refractivity contribution in [3.05, 3.63) is 47.0 Å². The van der Waals surface area contributed by atoms with Crippen molar-refractivity contribution in [1.82, 2.24) is 30.3 Å². The van der Waals surface area contributed by atoms with Crippen LogP contribution in [0.25, 0.3) is 0 Å². The molecule has 9 heteroatoms. The molecule has 8 nitrogen and oxygen atoms in total. The Morgan fingerprint density at radius 1 is 1.23 bits per heavy atom. The van der Waals surface area contributed by atoms with Crippen molar-refractivity contribution < 1.29 is 4.79 Å². The maximum absolute atomic E-state index is 12.1. The number of hydrogen-bond donors (Lipinski definition) is 2. The molecular weight excluding hydrogens is 493 g/mol. The van der Waals surface area contributed by atoms with Gasteiger partial charge in [0.15, 0.2) is 11.8 Å². The second kappa shape index (κ2) is 11.9. The van der Waals surface area contributed by atoms with E-state index in [1.165, 1.54) is 12.8 Å². The van der Waals surface area contributed by atoms with Gasteiger partial charge in [-0.15, -0.1) is 34.2 Å². The third kappa shape index (κ3) is 6.41. The summed E-state index contributed by atoms with van der Waals surface area (Å²) in [7, 11) is 3.53. The summed E-state index contributed by atoms with van der Waals surface area (Å²) in [4.78, 5) is 18.4. The summed E-state index contributed by atoms with van der Waals surface area (Å²) in [5, 5.41) is 15.2. The van der Waals surface area contributed by atoms with E-state index in [-0.39, 0.29) is 29.9 Å². The van der Waals surface area contributed by atoms with Crippen molar-refractivity contribution in [3.8, 4) is 0 Å². The van der Waals surface area contributed by atoms with Crippen LogP contribution >= 0.6 is 24.0 Å². The van der Waals surface area contributed by atoms with Crippen molar-refractivity contribution in [1.29, 1.82) is 0 Å². The topological polar surface area (TPSA) is 87.4 Å². The third-order valence-corrected chi connectivity index (χ3v) is 4.95. The van der Waals surface area contributed by atoms with Crippen molar-refractivity contribution in [2.24, 2.45) is 4.99 Å². The van der Waals surface area contributed by atoms with Gasteiger partial charge in [0.2, 0.25) is 0 Å². The number of aromatic nitrogens is 3. The highest BCUT2D eigenvalue weighted by Crippen LogP contribution is 2.14. The van der Waals surface area contributed by atoms with E-state index in [9.17, 15) is 4.79 Å². The Labute approximate surface area is 195 Å². The molecule has 1 aromatic heterocycles. The van der Waals surface area contributed by atoms with Gasteiger partial charge in [-0.1, -0.05) is 12.1 Å². The van der Waals surface area contributed by atoms with Crippen LogP contribution in [0.5, 0.6) is 0 Å². The summed E-state index contributed by atoms with van der Waals surface area (Å²) in [5.74, 6) is 2.78.